The SMILES string of the molecule is NC1CCCCC1c1nc(-c2ccc(F)c(F)c2Br)no1. The molecule has 1 aromatic carbocycles. The molecular formula is C14H14BrF2N3O. The van der Waals surface area contributed by atoms with Crippen LogP contribution >= 0.6 is 15.9 Å². The van der Waals surface area contributed by atoms with Gasteiger partial charge in [-0.05, 0) is 40.9 Å². The van der Waals surface area contributed by atoms with Gasteiger partial charge in [0.1, 0.15) is 0 Å². The van der Waals surface area contributed by atoms with E-state index in [9.17, 15) is 8.78 Å². The first-order valence-electron chi connectivity index (χ1n) is 6.81. The lowest BCUT2D eigenvalue weighted by Crippen LogP contribution is -2.31. The predicted molar refractivity (Wildman–Crippen MR) is 76.5 cm³/mol. The van der Waals surface area contributed by atoms with Gasteiger partial charge >= 0.3 is 0 Å². The highest BCUT2D eigenvalue weighted by atomic mass is 79.9. The summed E-state index contributed by atoms with van der Waals surface area (Å²) < 4.78 is 32.0. The highest BCUT2D eigenvalue weighted by Crippen LogP contribution is 2.34. The summed E-state index contributed by atoms with van der Waals surface area (Å²) in [6.07, 6.45) is 4.01. The van der Waals surface area contributed by atoms with Crippen LogP contribution in [0.4, 0.5) is 8.78 Å². The second-order valence-electron chi connectivity index (χ2n) is 5.23. The molecule has 2 aromatic rings. The Labute approximate surface area is 128 Å². The van der Waals surface area contributed by atoms with E-state index < -0.39 is 11.6 Å². The summed E-state index contributed by atoms with van der Waals surface area (Å²) in [6.45, 7) is 0. The predicted octanol–water partition coefficient (Wildman–Crippen LogP) is 3.76. The molecule has 1 saturated carbocycles. The number of nitrogens with zero attached hydrogens (tertiary/aromatic N) is 2. The van der Waals surface area contributed by atoms with Crippen LogP contribution in [-0.2, 0) is 0 Å². The number of nitrogens with two attached hydrogens (primary N) is 1. The lowest BCUT2D eigenvalue weighted by atomic mass is 9.85. The van der Waals surface area contributed by atoms with Gasteiger partial charge in [-0.15, -0.1) is 0 Å². The topological polar surface area (TPSA) is 64.9 Å². The van der Waals surface area contributed by atoms with Crippen molar-refractivity contribution < 1.29 is 13.3 Å². The van der Waals surface area contributed by atoms with Crippen molar-refractivity contribution in [2.75, 3.05) is 0 Å². The molecule has 1 heterocycles. The van der Waals surface area contributed by atoms with Crippen LogP contribution in [0.15, 0.2) is 21.1 Å². The van der Waals surface area contributed by atoms with Gasteiger partial charge in [-0.3, -0.25) is 0 Å². The summed E-state index contributed by atoms with van der Waals surface area (Å²) in [4.78, 5) is 4.31. The molecule has 1 fully saturated rings. The van der Waals surface area contributed by atoms with Crippen molar-refractivity contribution in [1.29, 1.82) is 0 Å². The van der Waals surface area contributed by atoms with E-state index in [0.717, 1.165) is 31.7 Å². The molecule has 3 rings (SSSR count). The fraction of sp³-hybridized carbons (Fsp3) is 0.429. The summed E-state index contributed by atoms with van der Waals surface area (Å²) in [7, 11) is 0. The molecule has 7 heteroatoms. The normalized spacial score (nSPS) is 22.5. The molecule has 21 heavy (non-hydrogen) atoms. The molecule has 4 nitrogen and oxygen atoms in total. The summed E-state index contributed by atoms with van der Waals surface area (Å²) in [5.41, 5.74) is 6.44. The molecule has 0 aliphatic heterocycles. The summed E-state index contributed by atoms with van der Waals surface area (Å²) in [6, 6.07) is 2.45. The first-order valence-corrected chi connectivity index (χ1v) is 7.60. The lowest BCUT2D eigenvalue weighted by Gasteiger charge is -2.25. The van der Waals surface area contributed by atoms with Gasteiger partial charge in [0.15, 0.2) is 11.6 Å². The van der Waals surface area contributed by atoms with E-state index >= 15 is 0 Å². The molecule has 2 unspecified atom stereocenters. The van der Waals surface area contributed by atoms with E-state index in [4.69, 9.17) is 10.3 Å². The summed E-state index contributed by atoms with van der Waals surface area (Å²) in [5, 5.41) is 3.87. The first kappa shape index (κ1) is 14.6. The number of halogens is 3. The number of rotatable bonds is 2. The van der Waals surface area contributed by atoms with Crippen molar-refractivity contribution in [3.63, 3.8) is 0 Å². The average Bonchev–Trinajstić information content (AvgIpc) is 2.95. The minimum Gasteiger partial charge on any atom is -0.339 e. The minimum atomic E-state index is -0.965. The van der Waals surface area contributed by atoms with Gasteiger partial charge in [0, 0.05) is 11.6 Å². The Bertz CT molecular complexity index is 662. The molecular weight excluding hydrogens is 344 g/mol. The maximum absolute atomic E-state index is 13.6. The largest absolute Gasteiger partial charge is 0.339 e. The Balaban J connectivity index is 1.93. The fourth-order valence-electron chi connectivity index (χ4n) is 2.66. The Kier molecular flexibility index (Phi) is 4.03. The van der Waals surface area contributed by atoms with E-state index in [1.54, 1.807) is 0 Å². The molecule has 1 aliphatic carbocycles. The van der Waals surface area contributed by atoms with Gasteiger partial charge in [0.25, 0.3) is 0 Å². The van der Waals surface area contributed by atoms with Crippen molar-refractivity contribution in [2.45, 2.75) is 37.6 Å². The Morgan fingerprint density at radius 3 is 2.76 bits per heavy atom. The van der Waals surface area contributed by atoms with Gasteiger partial charge in [-0.25, -0.2) is 8.78 Å². The number of aromatic nitrogens is 2. The van der Waals surface area contributed by atoms with Crippen LogP contribution in [0.2, 0.25) is 0 Å². The van der Waals surface area contributed by atoms with Crippen LogP contribution in [0.5, 0.6) is 0 Å². The zero-order chi connectivity index (χ0) is 15.0. The van der Waals surface area contributed by atoms with Crippen LogP contribution in [0, 0.1) is 11.6 Å². The average molecular weight is 358 g/mol. The van der Waals surface area contributed by atoms with E-state index in [1.165, 1.54) is 6.07 Å². The van der Waals surface area contributed by atoms with E-state index in [2.05, 4.69) is 26.1 Å². The molecule has 2 N–H and O–H groups in total. The molecule has 0 amide bonds. The molecule has 1 aromatic heterocycles. The van der Waals surface area contributed by atoms with E-state index in [1.807, 2.05) is 0 Å². The van der Waals surface area contributed by atoms with Crippen molar-refractivity contribution in [3.8, 4) is 11.4 Å². The molecule has 0 saturated heterocycles. The maximum atomic E-state index is 13.6. The highest BCUT2D eigenvalue weighted by molar-refractivity contribution is 9.10. The van der Waals surface area contributed by atoms with Gasteiger partial charge in [-0.1, -0.05) is 18.0 Å². The summed E-state index contributed by atoms with van der Waals surface area (Å²) >= 11 is 3.02. The van der Waals surface area contributed by atoms with Gasteiger partial charge < -0.3 is 10.3 Å². The zero-order valence-corrected chi connectivity index (χ0v) is 12.7. The molecule has 1 aliphatic rings. The second-order valence-corrected chi connectivity index (χ2v) is 6.03. The number of hydrogen-bond acceptors (Lipinski definition) is 4. The van der Waals surface area contributed by atoms with Gasteiger partial charge in [0.05, 0.1) is 10.4 Å². The van der Waals surface area contributed by atoms with Crippen LogP contribution in [0.3, 0.4) is 0 Å². The van der Waals surface area contributed by atoms with Crippen LogP contribution in [0.25, 0.3) is 11.4 Å². The van der Waals surface area contributed by atoms with Crippen LogP contribution in [-0.4, -0.2) is 16.2 Å². The van der Waals surface area contributed by atoms with Gasteiger partial charge in [-0.2, -0.15) is 4.98 Å². The quantitative estimate of drug-likeness (QED) is 0.831. The lowest BCUT2D eigenvalue weighted by molar-refractivity contribution is 0.290. The van der Waals surface area contributed by atoms with Crippen molar-refractivity contribution in [2.24, 2.45) is 5.73 Å². The minimum absolute atomic E-state index is 0.000412. The Hall–Kier alpha value is -1.34. The van der Waals surface area contributed by atoms with Gasteiger partial charge in [0.2, 0.25) is 11.7 Å². The number of hydrogen-bond donors (Lipinski definition) is 1. The first-order chi connectivity index (χ1) is 10.1. The smallest absolute Gasteiger partial charge is 0.231 e. The monoisotopic (exact) mass is 357 g/mol. The molecule has 0 radical (unpaired) electrons. The molecule has 112 valence electrons. The molecule has 2 atom stereocenters. The Morgan fingerprint density at radius 2 is 2.00 bits per heavy atom. The molecule has 0 spiro atoms. The maximum Gasteiger partial charge on any atom is 0.231 e. The van der Waals surface area contributed by atoms with Crippen LogP contribution in [0.1, 0.15) is 37.5 Å². The summed E-state index contributed by atoms with van der Waals surface area (Å²) in [5.74, 6) is -1.16. The third-order valence-corrected chi connectivity index (χ3v) is 4.63. The van der Waals surface area contributed by atoms with Crippen molar-refractivity contribution in [3.05, 3.63) is 34.1 Å². The Morgan fingerprint density at radius 1 is 1.24 bits per heavy atom. The third kappa shape index (κ3) is 2.72. The van der Waals surface area contributed by atoms with E-state index in [0.29, 0.717) is 11.5 Å². The number of benzene rings is 1. The zero-order valence-electron chi connectivity index (χ0n) is 11.2. The van der Waals surface area contributed by atoms with Crippen molar-refractivity contribution in [1.82, 2.24) is 10.1 Å². The standard InChI is InChI=1S/C14H14BrF2N3O/c15-11-8(5-6-9(16)12(11)17)13-19-14(21-20-13)7-3-1-2-4-10(7)18/h5-7,10H,1-4,18H2. The van der Waals surface area contributed by atoms with E-state index in [-0.39, 0.29) is 22.3 Å². The fourth-order valence-corrected chi connectivity index (χ4v) is 3.16. The van der Waals surface area contributed by atoms with Crippen molar-refractivity contribution >= 4 is 15.9 Å². The van der Waals surface area contributed by atoms with Crippen LogP contribution < -0.4 is 5.73 Å². The highest BCUT2D eigenvalue weighted by Gasteiger charge is 2.29. The second kappa shape index (κ2) is 5.81. The third-order valence-electron chi connectivity index (χ3n) is 3.85. The molecule has 0 bridgehead atoms.